The van der Waals surface area contributed by atoms with E-state index in [-0.39, 0.29) is 5.54 Å². The Hall–Kier alpha value is -0.220. The predicted molar refractivity (Wildman–Crippen MR) is 49.1 cm³/mol. The zero-order valence-electron chi connectivity index (χ0n) is 8.48. The maximum absolute atomic E-state index is 12.4. The first-order valence-corrected chi connectivity index (χ1v) is 4.68. The third-order valence-corrected chi connectivity index (χ3v) is 2.46. The summed E-state index contributed by atoms with van der Waals surface area (Å²) in [6, 6.07) is -0.659. The van der Waals surface area contributed by atoms with Gasteiger partial charge in [-0.1, -0.05) is 0 Å². The van der Waals surface area contributed by atoms with Gasteiger partial charge in [0.25, 0.3) is 6.43 Å². The minimum absolute atomic E-state index is 0.00472. The number of rotatable bonds is 1. The molecule has 2 nitrogen and oxygen atoms in total. The number of halogens is 2. The number of hydrogen-bond acceptors (Lipinski definition) is 2. The average Bonchev–Trinajstić information content (AvgIpc) is 2.03. The van der Waals surface area contributed by atoms with Crippen LogP contribution in [-0.2, 0) is 0 Å². The molecule has 4 heteroatoms. The molecule has 0 aliphatic carbocycles. The van der Waals surface area contributed by atoms with Gasteiger partial charge >= 0.3 is 0 Å². The molecule has 0 aromatic carbocycles. The summed E-state index contributed by atoms with van der Waals surface area (Å²) in [4.78, 5) is 2.10. The molecule has 0 aromatic rings. The van der Waals surface area contributed by atoms with E-state index < -0.39 is 12.5 Å². The predicted octanol–water partition coefficient (Wildman–Crippen LogP) is 1.32. The highest BCUT2D eigenvalue weighted by Gasteiger charge is 2.31. The Balaban J connectivity index is 2.52. The molecule has 1 fully saturated rings. The zero-order valence-corrected chi connectivity index (χ0v) is 8.48. The fraction of sp³-hybridized carbons (Fsp3) is 1.00. The summed E-state index contributed by atoms with van der Waals surface area (Å²) in [7, 11) is 0. The van der Waals surface area contributed by atoms with Crippen molar-refractivity contribution in [1.29, 1.82) is 0 Å². The van der Waals surface area contributed by atoms with Crippen molar-refractivity contribution in [3.63, 3.8) is 0 Å². The summed E-state index contributed by atoms with van der Waals surface area (Å²) < 4.78 is 24.8. The topological polar surface area (TPSA) is 15.3 Å². The first-order valence-electron chi connectivity index (χ1n) is 4.68. The van der Waals surface area contributed by atoms with Crippen molar-refractivity contribution in [2.24, 2.45) is 0 Å². The molecule has 0 bridgehead atoms. The van der Waals surface area contributed by atoms with Gasteiger partial charge in [-0.25, -0.2) is 8.78 Å². The van der Waals surface area contributed by atoms with Gasteiger partial charge in [0.2, 0.25) is 0 Å². The summed E-state index contributed by atoms with van der Waals surface area (Å²) in [5.74, 6) is 0. The first-order chi connectivity index (χ1) is 5.91. The van der Waals surface area contributed by atoms with Crippen molar-refractivity contribution in [3.8, 4) is 0 Å². The molecule has 1 aliphatic rings. The van der Waals surface area contributed by atoms with Crippen molar-refractivity contribution in [2.45, 2.75) is 38.8 Å². The van der Waals surface area contributed by atoms with Crippen molar-refractivity contribution < 1.29 is 8.78 Å². The Morgan fingerprint density at radius 1 is 1.38 bits per heavy atom. The molecule has 0 radical (unpaired) electrons. The molecule has 1 rings (SSSR count). The molecule has 1 atom stereocenters. The number of alkyl halides is 2. The zero-order chi connectivity index (χ0) is 10.1. The second-order valence-electron chi connectivity index (χ2n) is 4.51. The van der Waals surface area contributed by atoms with Gasteiger partial charge in [0.05, 0.1) is 6.04 Å². The molecular formula is C9H18F2N2. The normalized spacial score (nSPS) is 26.8. The van der Waals surface area contributed by atoms with Crippen LogP contribution in [0.1, 0.15) is 20.8 Å². The van der Waals surface area contributed by atoms with Crippen LogP contribution in [0.4, 0.5) is 8.78 Å². The average molecular weight is 192 g/mol. The Labute approximate surface area is 78.3 Å². The lowest BCUT2D eigenvalue weighted by Crippen LogP contribution is -2.58. The molecule has 1 unspecified atom stereocenters. The molecular weight excluding hydrogens is 174 g/mol. The van der Waals surface area contributed by atoms with E-state index in [0.29, 0.717) is 13.1 Å². The van der Waals surface area contributed by atoms with Gasteiger partial charge in [-0.2, -0.15) is 0 Å². The second kappa shape index (κ2) is 3.88. The summed E-state index contributed by atoms with van der Waals surface area (Å²) in [5.41, 5.74) is -0.00472. The van der Waals surface area contributed by atoms with Gasteiger partial charge in [-0.3, -0.25) is 4.90 Å². The van der Waals surface area contributed by atoms with Gasteiger partial charge in [-0.15, -0.1) is 0 Å². The molecule has 1 heterocycles. The maximum atomic E-state index is 12.4. The fourth-order valence-corrected chi connectivity index (χ4v) is 1.56. The van der Waals surface area contributed by atoms with E-state index in [1.807, 2.05) is 0 Å². The van der Waals surface area contributed by atoms with E-state index in [0.717, 1.165) is 6.54 Å². The molecule has 1 saturated heterocycles. The van der Waals surface area contributed by atoms with E-state index in [1.54, 1.807) is 0 Å². The Morgan fingerprint density at radius 2 is 2.00 bits per heavy atom. The number of piperazine rings is 1. The summed E-state index contributed by atoms with van der Waals surface area (Å²) in [5, 5.41) is 2.83. The quantitative estimate of drug-likeness (QED) is 0.674. The molecule has 0 spiro atoms. The lowest BCUT2D eigenvalue weighted by Gasteiger charge is -2.41. The van der Waals surface area contributed by atoms with E-state index in [4.69, 9.17) is 0 Å². The van der Waals surface area contributed by atoms with Crippen LogP contribution in [0, 0.1) is 0 Å². The van der Waals surface area contributed by atoms with Crippen LogP contribution in [0.25, 0.3) is 0 Å². The largest absolute Gasteiger partial charge is 0.307 e. The Morgan fingerprint density at radius 3 is 2.46 bits per heavy atom. The van der Waals surface area contributed by atoms with Crippen LogP contribution < -0.4 is 5.32 Å². The molecule has 0 saturated carbocycles. The molecule has 1 aliphatic heterocycles. The van der Waals surface area contributed by atoms with Crippen molar-refractivity contribution in [3.05, 3.63) is 0 Å². The van der Waals surface area contributed by atoms with Crippen LogP contribution in [-0.4, -0.2) is 42.5 Å². The minimum atomic E-state index is -2.26. The summed E-state index contributed by atoms with van der Waals surface area (Å²) >= 11 is 0. The highest BCUT2D eigenvalue weighted by Crippen LogP contribution is 2.17. The molecule has 0 aromatic heterocycles. The van der Waals surface area contributed by atoms with Gasteiger partial charge < -0.3 is 5.32 Å². The van der Waals surface area contributed by atoms with Crippen LogP contribution in [0.2, 0.25) is 0 Å². The van der Waals surface area contributed by atoms with Crippen LogP contribution in [0.15, 0.2) is 0 Å². The van der Waals surface area contributed by atoms with Gasteiger partial charge in [0, 0.05) is 25.2 Å². The SMILES string of the molecule is CC(C)(C)N1CCNC(C(F)F)C1. The van der Waals surface area contributed by atoms with E-state index >= 15 is 0 Å². The molecule has 13 heavy (non-hydrogen) atoms. The van der Waals surface area contributed by atoms with Crippen LogP contribution in [0.3, 0.4) is 0 Å². The Bertz CT molecular complexity index is 165. The van der Waals surface area contributed by atoms with Crippen LogP contribution >= 0.6 is 0 Å². The van der Waals surface area contributed by atoms with Gasteiger partial charge in [0.15, 0.2) is 0 Å². The van der Waals surface area contributed by atoms with Crippen molar-refractivity contribution in [2.75, 3.05) is 19.6 Å². The molecule has 78 valence electrons. The number of hydrogen-bond donors (Lipinski definition) is 1. The van der Waals surface area contributed by atoms with Gasteiger partial charge in [0.1, 0.15) is 0 Å². The third kappa shape index (κ3) is 2.88. The highest BCUT2D eigenvalue weighted by molar-refractivity contribution is 4.86. The molecule has 0 amide bonds. The monoisotopic (exact) mass is 192 g/mol. The third-order valence-electron chi connectivity index (χ3n) is 2.46. The Kier molecular flexibility index (Phi) is 3.24. The van der Waals surface area contributed by atoms with Gasteiger partial charge in [-0.05, 0) is 20.8 Å². The second-order valence-corrected chi connectivity index (χ2v) is 4.51. The van der Waals surface area contributed by atoms with Crippen LogP contribution in [0.5, 0.6) is 0 Å². The lowest BCUT2D eigenvalue weighted by molar-refractivity contribution is 0.0249. The maximum Gasteiger partial charge on any atom is 0.254 e. The highest BCUT2D eigenvalue weighted by atomic mass is 19.3. The van der Waals surface area contributed by atoms with Crippen molar-refractivity contribution in [1.82, 2.24) is 10.2 Å². The number of nitrogens with zero attached hydrogens (tertiary/aromatic N) is 1. The van der Waals surface area contributed by atoms with Crippen molar-refractivity contribution >= 4 is 0 Å². The minimum Gasteiger partial charge on any atom is -0.307 e. The smallest absolute Gasteiger partial charge is 0.254 e. The standard InChI is InChI=1S/C9H18F2N2/c1-9(2,3)13-5-4-12-7(6-13)8(10)11/h7-8,12H,4-6H2,1-3H3. The summed E-state index contributed by atoms with van der Waals surface area (Å²) in [6.07, 6.45) is -2.26. The fourth-order valence-electron chi connectivity index (χ4n) is 1.56. The lowest BCUT2D eigenvalue weighted by atomic mass is 10.0. The van der Waals surface area contributed by atoms with E-state index in [9.17, 15) is 8.78 Å². The first kappa shape index (κ1) is 10.9. The number of nitrogens with one attached hydrogen (secondary N) is 1. The molecule has 1 N–H and O–H groups in total. The van der Waals surface area contributed by atoms with E-state index in [2.05, 4.69) is 31.0 Å². The van der Waals surface area contributed by atoms with E-state index in [1.165, 1.54) is 0 Å². The summed E-state index contributed by atoms with van der Waals surface area (Å²) in [6.45, 7) is 8.13.